The van der Waals surface area contributed by atoms with E-state index in [1.54, 1.807) is 13.8 Å². The quantitative estimate of drug-likeness (QED) is 0.0416. The largest absolute Gasteiger partial charge is 0.489 e. The van der Waals surface area contributed by atoms with Crippen molar-refractivity contribution < 1.29 is 48.3 Å². The fraction of sp³-hybridized carbons (Fsp3) is 0.136. The molecule has 2 atom stereocenters. The minimum absolute atomic E-state index is 0.0500. The van der Waals surface area contributed by atoms with E-state index in [1.165, 1.54) is 122 Å². The molecule has 62 heavy (non-hydrogen) atoms. The monoisotopic (exact) mass is 843 g/mol. The van der Waals surface area contributed by atoms with Gasteiger partial charge in [0.05, 0.1) is 22.3 Å². The van der Waals surface area contributed by atoms with Gasteiger partial charge in [-0.05, 0) is 117 Å². The Hall–Kier alpha value is -8.38. The number of nitro benzene ring substituents is 1. The summed E-state index contributed by atoms with van der Waals surface area (Å²) in [5, 5.41) is 33.4. The summed E-state index contributed by atoms with van der Waals surface area (Å²) < 4.78 is 11.3. The number of hydrogen-bond acceptors (Lipinski definition) is 11. The van der Waals surface area contributed by atoms with Crippen molar-refractivity contribution in [1.82, 2.24) is 5.32 Å². The fourth-order valence-electron chi connectivity index (χ4n) is 5.78. The van der Waals surface area contributed by atoms with Gasteiger partial charge < -0.3 is 46.9 Å². The number of carboxylic acids is 1. The summed E-state index contributed by atoms with van der Waals surface area (Å²) >= 11 is 0. The van der Waals surface area contributed by atoms with Gasteiger partial charge >= 0.3 is 5.97 Å². The first-order valence-corrected chi connectivity index (χ1v) is 18.6. The number of carboxylic acid groups (broad SMARTS) is 1. The number of aromatic carboxylic acids is 1. The number of hydrogen-bond donors (Lipinski definition) is 7. The number of carbonyl (C=O) groups is 6. The number of amides is 5. The normalized spacial score (nSPS) is 11.6. The van der Waals surface area contributed by atoms with E-state index >= 15 is 0 Å². The summed E-state index contributed by atoms with van der Waals surface area (Å²) in [4.78, 5) is 87.5. The molecule has 0 aromatic heterocycles. The number of rotatable bonds is 17. The molecule has 0 bridgehead atoms. The van der Waals surface area contributed by atoms with E-state index in [4.69, 9.17) is 20.3 Å². The number of nitrogens with two attached hydrogens (primary N) is 1. The van der Waals surface area contributed by atoms with Crippen LogP contribution >= 0.6 is 0 Å². The van der Waals surface area contributed by atoms with Gasteiger partial charge in [0.25, 0.3) is 29.3 Å². The van der Waals surface area contributed by atoms with Crippen molar-refractivity contribution in [3.63, 3.8) is 0 Å². The molecule has 18 nitrogen and oxygen atoms in total. The van der Waals surface area contributed by atoms with Crippen LogP contribution in [0.25, 0.3) is 0 Å². The van der Waals surface area contributed by atoms with Crippen molar-refractivity contribution in [3.8, 4) is 5.75 Å². The van der Waals surface area contributed by atoms with Crippen LogP contribution in [0.2, 0.25) is 0 Å². The third kappa shape index (κ3) is 11.6. The third-order valence-corrected chi connectivity index (χ3v) is 8.90. The van der Waals surface area contributed by atoms with Crippen LogP contribution in [0.15, 0.2) is 128 Å². The maximum absolute atomic E-state index is 13.6. The highest BCUT2D eigenvalue weighted by Crippen LogP contribution is 2.29. The highest BCUT2D eigenvalue weighted by atomic mass is 16.6. The predicted octanol–water partition coefficient (Wildman–Crippen LogP) is 6.06. The van der Waals surface area contributed by atoms with E-state index in [9.17, 15) is 38.9 Å². The van der Waals surface area contributed by atoms with E-state index in [2.05, 4.69) is 33.2 Å². The Kier molecular flexibility index (Phi) is 14.5. The summed E-state index contributed by atoms with van der Waals surface area (Å²) in [5.74, 6) is -3.85. The molecular weight excluding hydrogens is 803 g/mol. The average molecular weight is 844 g/mol. The van der Waals surface area contributed by atoms with Gasteiger partial charge in [-0.25, -0.2) is 4.79 Å². The van der Waals surface area contributed by atoms with E-state index in [-0.39, 0.29) is 62.4 Å². The number of nitrogens with one attached hydrogen (secondary N) is 5. The van der Waals surface area contributed by atoms with Gasteiger partial charge in [-0.1, -0.05) is 6.58 Å². The van der Waals surface area contributed by atoms with E-state index in [1.807, 2.05) is 0 Å². The first-order chi connectivity index (χ1) is 29.5. The number of ether oxygens (including phenoxy) is 2. The van der Waals surface area contributed by atoms with Crippen LogP contribution < -0.4 is 37.1 Å². The average Bonchev–Trinajstić information content (AvgIpc) is 3.24. The topological polar surface area (TPSA) is 270 Å². The van der Waals surface area contributed by atoms with Gasteiger partial charge in [-0.15, -0.1) is 0 Å². The fourth-order valence-corrected chi connectivity index (χ4v) is 5.78. The number of non-ortho nitro benzene ring substituents is 1. The Morgan fingerprint density at radius 3 is 1.55 bits per heavy atom. The second kappa shape index (κ2) is 20.1. The zero-order valence-corrected chi connectivity index (χ0v) is 33.5. The van der Waals surface area contributed by atoms with Crippen LogP contribution in [0.5, 0.6) is 5.75 Å². The Bertz CT molecular complexity index is 2510. The van der Waals surface area contributed by atoms with Crippen LogP contribution in [0, 0.1) is 10.1 Å². The smallest absolute Gasteiger partial charge is 0.335 e. The Morgan fingerprint density at radius 2 is 1.08 bits per heavy atom. The van der Waals surface area contributed by atoms with Gasteiger partial charge in [0.15, 0.2) is 0 Å². The van der Waals surface area contributed by atoms with Crippen molar-refractivity contribution in [2.24, 2.45) is 5.73 Å². The lowest BCUT2D eigenvalue weighted by atomic mass is 10.1. The van der Waals surface area contributed by atoms with Crippen molar-refractivity contribution in [2.45, 2.75) is 32.1 Å². The SMILES string of the molecule is C=C(N)C(OC)C(NC(=O)c1ccc(NC(=O)c2ccc([N+](=O)[O-])cc2)cc1)C(=O)Nc1ccc(C(=O)Nc2ccc(C(=O)Nc3ccc(C(=O)O)cc3)cc2OC(C)C)cc1. The van der Waals surface area contributed by atoms with Crippen molar-refractivity contribution in [3.05, 3.63) is 165 Å². The number of nitrogens with zero attached hydrogens (tertiary/aromatic N) is 1. The molecule has 0 aliphatic heterocycles. The Labute approximate surface area is 354 Å². The van der Waals surface area contributed by atoms with Gasteiger partial charge in [0, 0.05) is 64.3 Å². The molecule has 8 N–H and O–H groups in total. The highest BCUT2D eigenvalue weighted by molar-refractivity contribution is 6.08. The van der Waals surface area contributed by atoms with Gasteiger partial charge in [0.1, 0.15) is 17.9 Å². The van der Waals surface area contributed by atoms with Crippen LogP contribution in [0.1, 0.15) is 65.6 Å². The van der Waals surface area contributed by atoms with Crippen molar-refractivity contribution >= 4 is 63.9 Å². The van der Waals surface area contributed by atoms with Crippen LogP contribution in [-0.2, 0) is 9.53 Å². The van der Waals surface area contributed by atoms with E-state index in [0.717, 1.165) is 0 Å². The number of methoxy groups -OCH3 is 1. The molecule has 0 spiro atoms. The molecule has 0 saturated heterocycles. The Balaban J connectivity index is 1.23. The minimum Gasteiger partial charge on any atom is -0.489 e. The number of carbonyl (C=O) groups excluding carboxylic acids is 5. The summed E-state index contributed by atoms with van der Waals surface area (Å²) in [7, 11) is 1.29. The molecule has 18 heteroatoms. The lowest BCUT2D eigenvalue weighted by Crippen LogP contribution is -2.53. The molecule has 5 amide bonds. The van der Waals surface area contributed by atoms with Crippen molar-refractivity contribution in [2.75, 3.05) is 28.4 Å². The molecule has 318 valence electrons. The molecule has 2 unspecified atom stereocenters. The van der Waals surface area contributed by atoms with E-state index < -0.39 is 52.6 Å². The molecule has 5 aromatic rings. The summed E-state index contributed by atoms with van der Waals surface area (Å²) in [6.07, 6.45) is -1.48. The molecule has 0 aliphatic rings. The summed E-state index contributed by atoms with van der Waals surface area (Å²) in [6.45, 7) is 7.23. The zero-order chi connectivity index (χ0) is 45.1. The standard InChI is InChI=1S/C44H41N7O11/c1-24(2)62-36-23-30(42(55)47-32-18-9-29(10-19-32)44(57)58)13-22-35(36)49-40(53)26-5-16-33(17-6-26)48-43(56)37(38(61-4)25(3)45)50-41(54)27-7-14-31(15-8-27)46-39(52)28-11-20-34(21-12-28)51(59)60/h5-24,37-38H,3,45H2,1-2,4H3,(H,46,52)(H,47,55)(H,48,56)(H,49,53)(H,50,54)(H,57,58). The van der Waals surface area contributed by atoms with Crippen LogP contribution in [-0.4, -0.2) is 70.9 Å². The lowest BCUT2D eigenvalue weighted by Gasteiger charge is -2.26. The molecule has 0 radical (unpaired) electrons. The maximum Gasteiger partial charge on any atom is 0.335 e. The number of nitro groups is 1. The zero-order valence-electron chi connectivity index (χ0n) is 33.5. The number of anilines is 4. The molecule has 0 aliphatic carbocycles. The lowest BCUT2D eigenvalue weighted by molar-refractivity contribution is -0.384. The highest BCUT2D eigenvalue weighted by Gasteiger charge is 2.32. The predicted molar refractivity (Wildman–Crippen MR) is 229 cm³/mol. The molecule has 5 rings (SSSR count). The molecule has 0 heterocycles. The third-order valence-electron chi connectivity index (χ3n) is 8.90. The first-order valence-electron chi connectivity index (χ1n) is 18.6. The minimum atomic E-state index is -1.38. The van der Waals surface area contributed by atoms with Gasteiger partial charge in [0.2, 0.25) is 5.91 Å². The van der Waals surface area contributed by atoms with E-state index in [0.29, 0.717) is 11.4 Å². The second-order valence-corrected chi connectivity index (χ2v) is 13.8. The first kappa shape index (κ1) is 44.7. The summed E-state index contributed by atoms with van der Waals surface area (Å²) in [6, 6.07) is 25.4. The molecular formula is C44H41N7O11. The number of benzene rings is 5. The van der Waals surface area contributed by atoms with Gasteiger partial charge in [-0.3, -0.25) is 34.1 Å². The molecule has 0 saturated carbocycles. The van der Waals surface area contributed by atoms with Gasteiger partial charge in [-0.2, -0.15) is 0 Å². The van der Waals surface area contributed by atoms with Crippen LogP contribution in [0.4, 0.5) is 28.4 Å². The van der Waals surface area contributed by atoms with Crippen molar-refractivity contribution in [1.29, 1.82) is 0 Å². The molecule has 5 aromatic carbocycles. The molecule has 0 fully saturated rings. The second-order valence-electron chi connectivity index (χ2n) is 13.8. The Morgan fingerprint density at radius 1 is 0.645 bits per heavy atom. The summed E-state index contributed by atoms with van der Waals surface area (Å²) in [5.41, 5.74) is 7.74. The maximum atomic E-state index is 13.6. The van der Waals surface area contributed by atoms with Crippen LogP contribution in [0.3, 0.4) is 0 Å².